The van der Waals surface area contributed by atoms with Crippen molar-refractivity contribution >= 4 is 29.4 Å². The fraction of sp³-hybridized carbons (Fsp3) is 0.545. The molecule has 0 bridgehead atoms. The van der Waals surface area contributed by atoms with E-state index in [9.17, 15) is 13.2 Å². The van der Waals surface area contributed by atoms with Gasteiger partial charge in [-0.1, -0.05) is 13.8 Å². The number of hydrogen-bond donors (Lipinski definition) is 2. The average molecular weight is 454 g/mol. The monoisotopic (exact) mass is 453 g/mol. The maximum atomic E-state index is 13.6. The van der Waals surface area contributed by atoms with Crippen LogP contribution in [0.15, 0.2) is 29.3 Å². The molecule has 1 aromatic heterocycles. The molecular formula is C22H30F3N5S. The Morgan fingerprint density at radius 3 is 2.71 bits per heavy atom. The maximum absolute atomic E-state index is 13.6. The summed E-state index contributed by atoms with van der Waals surface area (Å²) in [6, 6.07) is 6.31. The molecule has 1 fully saturated rings. The van der Waals surface area contributed by atoms with Crippen molar-refractivity contribution in [2.24, 2.45) is 5.92 Å². The molecule has 0 spiro atoms. The third-order valence-electron chi connectivity index (χ3n) is 5.15. The molecular weight excluding hydrogens is 423 g/mol. The molecule has 1 aromatic carbocycles. The van der Waals surface area contributed by atoms with Gasteiger partial charge in [-0.15, -0.1) is 0 Å². The van der Waals surface area contributed by atoms with E-state index < -0.39 is 11.7 Å². The second-order valence-corrected chi connectivity index (χ2v) is 9.21. The van der Waals surface area contributed by atoms with Gasteiger partial charge in [-0.3, -0.25) is 4.72 Å². The molecule has 0 amide bonds. The Balaban J connectivity index is 1.88. The minimum absolute atomic E-state index is 0.0390. The number of aromatic nitrogens is 2. The predicted octanol–water partition coefficient (Wildman–Crippen LogP) is 6.04. The molecule has 31 heavy (non-hydrogen) atoms. The number of benzene rings is 1. The Hall–Kier alpha value is -2.00. The number of hydrogen-bond acceptors (Lipinski definition) is 6. The third kappa shape index (κ3) is 6.26. The van der Waals surface area contributed by atoms with Crippen LogP contribution in [0.4, 0.5) is 30.6 Å². The lowest BCUT2D eigenvalue weighted by Gasteiger charge is -2.33. The van der Waals surface area contributed by atoms with Gasteiger partial charge in [0.2, 0.25) is 5.95 Å². The number of aryl methyl sites for hydroxylation is 1. The van der Waals surface area contributed by atoms with Crippen LogP contribution >= 0.6 is 11.9 Å². The summed E-state index contributed by atoms with van der Waals surface area (Å²) < 4.78 is 44.2. The second-order valence-electron chi connectivity index (χ2n) is 8.29. The van der Waals surface area contributed by atoms with Gasteiger partial charge in [0, 0.05) is 35.9 Å². The lowest BCUT2D eigenvalue weighted by molar-refractivity contribution is -0.137. The zero-order valence-corrected chi connectivity index (χ0v) is 19.2. The minimum atomic E-state index is -4.49. The van der Waals surface area contributed by atoms with Gasteiger partial charge in [0.05, 0.1) is 0 Å². The molecule has 1 atom stereocenters. The molecule has 9 heteroatoms. The van der Waals surface area contributed by atoms with Crippen LogP contribution in [-0.4, -0.2) is 29.1 Å². The maximum Gasteiger partial charge on any atom is 0.421 e. The Labute approximate surface area is 186 Å². The summed E-state index contributed by atoms with van der Waals surface area (Å²) in [6.45, 7) is 9.38. The molecule has 2 aromatic rings. The summed E-state index contributed by atoms with van der Waals surface area (Å²) in [5, 5.41) is 3.14. The van der Waals surface area contributed by atoms with E-state index in [1.54, 1.807) is 16.8 Å². The lowest BCUT2D eigenvalue weighted by Crippen LogP contribution is -2.36. The van der Waals surface area contributed by atoms with Crippen LogP contribution in [-0.2, 0) is 12.6 Å². The zero-order chi connectivity index (χ0) is 22.6. The third-order valence-corrected chi connectivity index (χ3v) is 6.23. The first-order chi connectivity index (χ1) is 14.7. The van der Waals surface area contributed by atoms with E-state index in [0.29, 0.717) is 25.0 Å². The number of nitrogens with zero attached hydrogens (tertiary/aromatic N) is 3. The molecule has 0 radical (unpaired) electrons. The summed E-state index contributed by atoms with van der Waals surface area (Å²) in [5.74, 6) is 0.469. The molecule has 2 N–H and O–H groups in total. The van der Waals surface area contributed by atoms with Gasteiger partial charge in [0.1, 0.15) is 11.4 Å². The molecule has 1 unspecified atom stereocenters. The molecule has 0 saturated carbocycles. The van der Waals surface area contributed by atoms with Crippen LogP contribution in [0.2, 0.25) is 0 Å². The van der Waals surface area contributed by atoms with Crippen LogP contribution in [0, 0.1) is 5.92 Å². The van der Waals surface area contributed by atoms with Crippen molar-refractivity contribution in [1.82, 2.24) is 14.7 Å². The molecule has 3 rings (SSSR count). The molecule has 170 valence electrons. The Bertz CT molecular complexity index is 888. The Morgan fingerprint density at radius 1 is 1.29 bits per heavy atom. The number of alkyl halides is 3. The number of halogens is 3. The molecule has 1 saturated heterocycles. The van der Waals surface area contributed by atoms with E-state index in [4.69, 9.17) is 0 Å². The summed E-state index contributed by atoms with van der Waals surface area (Å²) in [7, 11) is 0. The van der Waals surface area contributed by atoms with Crippen molar-refractivity contribution in [2.75, 3.05) is 23.3 Å². The van der Waals surface area contributed by atoms with Gasteiger partial charge in [0.25, 0.3) is 0 Å². The number of piperidine rings is 1. The first-order valence-electron chi connectivity index (χ1n) is 10.7. The Morgan fingerprint density at radius 2 is 2.06 bits per heavy atom. The highest BCUT2D eigenvalue weighted by Gasteiger charge is 2.37. The van der Waals surface area contributed by atoms with Crippen LogP contribution < -0.4 is 14.9 Å². The quantitative estimate of drug-likeness (QED) is 0.498. The first kappa shape index (κ1) is 23.7. The van der Waals surface area contributed by atoms with Gasteiger partial charge in [-0.2, -0.15) is 18.2 Å². The highest BCUT2D eigenvalue weighted by molar-refractivity contribution is 7.97. The highest BCUT2D eigenvalue weighted by Crippen LogP contribution is 2.37. The van der Waals surface area contributed by atoms with Crippen LogP contribution in [0.1, 0.15) is 51.7 Å². The lowest BCUT2D eigenvalue weighted by atomic mass is 10.00. The van der Waals surface area contributed by atoms with Crippen LogP contribution in [0.5, 0.6) is 0 Å². The summed E-state index contributed by atoms with van der Waals surface area (Å²) >= 11 is 1.56. The van der Waals surface area contributed by atoms with Crippen molar-refractivity contribution in [3.05, 3.63) is 35.5 Å². The SMILES string of the molecule is CCc1cc(SNC(C)C)ccc1Nc1ncc(C(F)(F)F)c(N2CCCC(C)C2)n1. The van der Waals surface area contributed by atoms with Crippen molar-refractivity contribution < 1.29 is 13.2 Å². The van der Waals surface area contributed by atoms with E-state index in [1.807, 2.05) is 19.1 Å². The zero-order valence-electron chi connectivity index (χ0n) is 18.4. The van der Waals surface area contributed by atoms with Gasteiger partial charge in [0.15, 0.2) is 0 Å². The van der Waals surface area contributed by atoms with E-state index in [1.165, 1.54) is 0 Å². The summed E-state index contributed by atoms with van der Waals surface area (Å²) in [6.07, 6.45) is -0.952. The van der Waals surface area contributed by atoms with Crippen LogP contribution in [0.3, 0.4) is 0 Å². The normalized spacial score (nSPS) is 17.3. The van der Waals surface area contributed by atoms with Crippen LogP contribution in [0.25, 0.3) is 0 Å². The molecule has 1 aliphatic rings. The summed E-state index contributed by atoms with van der Waals surface area (Å²) in [5.41, 5.74) is 1.07. The molecule has 0 aliphatic carbocycles. The highest BCUT2D eigenvalue weighted by atomic mass is 32.2. The minimum Gasteiger partial charge on any atom is -0.356 e. The number of anilines is 3. The van der Waals surface area contributed by atoms with Gasteiger partial charge >= 0.3 is 6.18 Å². The van der Waals surface area contributed by atoms with E-state index >= 15 is 0 Å². The van der Waals surface area contributed by atoms with E-state index in [-0.39, 0.29) is 11.8 Å². The van der Waals surface area contributed by atoms with E-state index in [2.05, 4.69) is 46.8 Å². The second kappa shape index (κ2) is 10.1. The van der Waals surface area contributed by atoms with Gasteiger partial charge < -0.3 is 10.2 Å². The molecule has 2 heterocycles. The van der Waals surface area contributed by atoms with Gasteiger partial charge in [-0.05, 0) is 74.7 Å². The fourth-order valence-electron chi connectivity index (χ4n) is 3.61. The first-order valence-corrected chi connectivity index (χ1v) is 11.5. The van der Waals surface area contributed by atoms with Crippen molar-refractivity contribution in [3.63, 3.8) is 0 Å². The largest absolute Gasteiger partial charge is 0.421 e. The molecule has 1 aliphatic heterocycles. The van der Waals surface area contributed by atoms with Crippen molar-refractivity contribution in [1.29, 1.82) is 0 Å². The Kier molecular flexibility index (Phi) is 7.69. The molecule has 5 nitrogen and oxygen atoms in total. The fourth-order valence-corrected chi connectivity index (χ4v) is 4.32. The van der Waals surface area contributed by atoms with Crippen molar-refractivity contribution in [3.8, 4) is 0 Å². The average Bonchev–Trinajstić information content (AvgIpc) is 2.72. The topological polar surface area (TPSA) is 53.1 Å². The number of nitrogens with one attached hydrogen (secondary N) is 2. The smallest absolute Gasteiger partial charge is 0.356 e. The summed E-state index contributed by atoms with van der Waals surface area (Å²) in [4.78, 5) is 11.1. The van der Waals surface area contributed by atoms with Gasteiger partial charge in [-0.25, -0.2) is 4.98 Å². The number of rotatable bonds is 7. The standard InChI is InChI=1S/C22H30F3N5S/c1-5-16-11-17(31-29-14(2)3)8-9-19(16)27-21-26-12-18(22(23,24)25)20(28-21)30-10-6-7-15(4)13-30/h8-9,11-12,14-15,29H,5-7,10,13H2,1-4H3,(H,26,27,28). The predicted molar refractivity (Wildman–Crippen MR) is 121 cm³/mol. The van der Waals surface area contributed by atoms with Crippen molar-refractivity contribution in [2.45, 2.75) is 64.1 Å². The van der Waals surface area contributed by atoms with E-state index in [0.717, 1.165) is 41.6 Å².